The van der Waals surface area contributed by atoms with Crippen molar-refractivity contribution in [1.29, 1.82) is 0 Å². The first-order valence-corrected chi connectivity index (χ1v) is 9.53. The number of hydrogen-bond acceptors (Lipinski definition) is 6. The average Bonchev–Trinajstić information content (AvgIpc) is 3.26. The van der Waals surface area contributed by atoms with Crippen LogP contribution in [0.25, 0.3) is 11.3 Å². The van der Waals surface area contributed by atoms with E-state index in [9.17, 15) is 9.59 Å². The van der Waals surface area contributed by atoms with Crippen LogP contribution < -0.4 is 20.3 Å². The zero-order valence-corrected chi connectivity index (χ0v) is 17.2. The first kappa shape index (κ1) is 21.2. The fourth-order valence-electron chi connectivity index (χ4n) is 2.55. The van der Waals surface area contributed by atoms with Gasteiger partial charge in [-0.15, -0.1) is 0 Å². The number of ether oxygens (including phenoxy) is 2. The maximum absolute atomic E-state index is 12.4. The molecule has 2 amide bonds. The van der Waals surface area contributed by atoms with Gasteiger partial charge in [0, 0.05) is 22.2 Å². The van der Waals surface area contributed by atoms with Crippen molar-refractivity contribution in [3.63, 3.8) is 0 Å². The molecular formula is C21H20ClN3O5. The van der Waals surface area contributed by atoms with Gasteiger partial charge >= 0.3 is 0 Å². The van der Waals surface area contributed by atoms with Crippen LogP contribution in [0.5, 0.6) is 11.5 Å². The number of rotatable bonds is 7. The van der Waals surface area contributed by atoms with Gasteiger partial charge in [0.2, 0.25) is 0 Å². The zero-order chi connectivity index (χ0) is 21.5. The summed E-state index contributed by atoms with van der Waals surface area (Å²) >= 11 is 5.96. The minimum absolute atomic E-state index is 0.00571. The molecule has 0 saturated heterocycles. The number of carbonyl (C=O) groups is 2. The first-order chi connectivity index (χ1) is 14.5. The molecule has 1 heterocycles. The van der Waals surface area contributed by atoms with Crippen LogP contribution in [-0.2, 0) is 0 Å². The lowest BCUT2D eigenvalue weighted by atomic mass is 10.1. The van der Waals surface area contributed by atoms with E-state index in [1.165, 1.54) is 19.2 Å². The second-order valence-corrected chi connectivity index (χ2v) is 6.65. The van der Waals surface area contributed by atoms with Crippen molar-refractivity contribution >= 4 is 23.4 Å². The lowest BCUT2D eigenvalue weighted by Gasteiger charge is -2.12. The Bertz CT molecular complexity index is 1050. The van der Waals surface area contributed by atoms with Crippen LogP contribution in [0, 0.1) is 0 Å². The smallest absolute Gasteiger partial charge is 0.291 e. The number of hydrazine groups is 1. The van der Waals surface area contributed by atoms with E-state index >= 15 is 0 Å². The molecule has 2 aromatic carbocycles. The van der Waals surface area contributed by atoms with Gasteiger partial charge in [0.1, 0.15) is 0 Å². The molecule has 0 aliphatic rings. The molecule has 0 radical (unpaired) electrons. The normalized spacial score (nSPS) is 10.4. The lowest BCUT2D eigenvalue weighted by Crippen LogP contribution is -2.41. The molecule has 156 valence electrons. The van der Waals surface area contributed by atoms with E-state index in [0.717, 1.165) is 6.42 Å². The Labute approximate surface area is 178 Å². The molecule has 30 heavy (non-hydrogen) atoms. The van der Waals surface area contributed by atoms with E-state index in [1.54, 1.807) is 36.4 Å². The molecule has 0 unspecified atom stereocenters. The van der Waals surface area contributed by atoms with Gasteiger partial charge in [0.05, 0.1) is 13.7 Å². The van der Waals surface area contributed by atoms with E-state index in [2.05, 4.69) is 16.0 Å². The van der Waals surface area contributed by atoms with E-state index in [1.807, 2.05) is 6.92 Å². The maximum atomic E-state index is 12.4. The van der Waals surface area contributed by atoms with E-state index < -0.39 is 11.8 Å². The molecule has 3 rings (SSSR count). The van der Waals surface area contributed by atoms with Crippen molar-refractivity contribution in [1.82, 2.24) is 16.0 Å². The van der Waals surface area contributed by atoms with E-state index in [-0.39, 0.29) is 11.3 Å². The highest BCUT2D eigenvalue weighted by Crippen LogP contribution is 2.28. The summed E-state index contributed by atoms with van der Waals surface area (Å²) in [4.78, 5) is 24.6. The predicted molar refractivity (Wildman–Crippen MR) is 111 cm³/mol. The molecule has 0 aliphatic heterocycles. The lowest BCUT2D eigenvalue weighted by molar-refractivity contribution is 0.0841. The van der Waals surface area contributed by atoms with E-state index in [0.29, 0.717) is 34.5 Å². The van der Waals surface area contributed by atoms with Crippen LogP contribution in [0.1, 0.15) is 34.2 Å². The molecule has 0 saturated carbocycles. The Balaban J connectivity index is 1.63. The molecule has 2 N–H and O–H groups in total. The number of nitrogens with zero attached hydrogens (tertiary/aromatic N) is 1. The highest BCUT2D eigenvalue weighted by Gasteiger charge is 2.16. The van der Waals surface area contributed by atoms with Crippen molar-refractivity contribution in [2.75, 3.05) is 13.7 Å². The van der Waals surface area contributed by atoms with Crippen LogP contribution >= 0.6 is 11.6 Å². The number of nitrogens with one attached hydrogen (secondary N) is 2. The summed E-state index contributed by atoms with van der Waals surface area (Å²) in [7, 11) is 1.49. The Hall–Kier alpha value is -3.52. The van der Waals surface area contributed by atoms with Crippen molar-refractivity contribution in [2.45, 2.75) is 13.3 Å². The molecule has 8 nitrogen and oxygen atoms in total. The monoisotopic (exact) mass is 429 g/mol. The highest BCUT2D eigenvalue weighted by atomic mass is 35.5. The highest BCUT2D eigenvalue weighted by molar-refractivity contribution is 6.30. The molecule has 1 aromatic heterocycles. The summed E-state index contributed by atoms with van der Waals surface area (Å²) in [5.74, 6) is 0.181. The molecule has 0 aliphatic carbocycles. The SMILES string of the molecule is CCCOc1ccc(C(=O)NNC(=O)c2cc(-c3cccc(Cl)c3)on2)cc1OC. The maximum Gasteiger partial charge on any atom is 0.291 e. The summed E-state index contributed by atoms with van der Waals surface area (Å²) in [5, 5.41) is 4.25. The van der Waals surface area contributed by atoms with Crippen molar-refractivity contribution in [3.05, 3.63) is 64.8 Å². The summed E-state index contributed by atoms with van der Waals surface area (Å²) in [6.07, 6.45) is 0.846. The molecule has 0 atom stereocenters. The topological polar surface area (TPSA) is 103 Å². The third-order valence-electron chi connectivity index (χ3n) is 4.03. The van der Waals surface area contributed by atoms with Gasteiger partial charge in [-0.3, -0.25) is 20.4 Å². The number of carbonyl (C=O) groups excluding carboxylic acids is 2. The summed E-state index contributed by atoms with van der Waals surface area (Å²) in [6.45, 7) is 2.52. The third-order valence-corrected chi connectivity index (χ3v) is 4.26. The predicted octanol–water partition coefficient (Wildman–Crippen LogP) is 3.87. The summed E-state index contributed by atoms with van der Waals surface area (Å²) < 4.78 is 16.0. The van der Waals surface area contributed by atoms with Crippen LogP contribution in [0.3, 0.4) is 0 Å². The third kappa shape index (κ3) is 5.09. The van der Waals surface area contributed by atoms with Gasteiger partial charge < -0.3 is 14.0 Å². The number of benzene rings is 2. The first-order valence-electron chi connectivity index (χ1n) is 9.16. The molecule has 0 spiro atoms. The van der Waals surface area contributed by atoms with Gasteiger partial charge in [-0.1, -0.05) is 35.8 Å². The second kappa shape index (κ2) is 9.80. The van der Waals surface area contributed by atoms with E-state index in [4.69, 9.17) is 25.6 Å². The van der Waals surface area contributed by atoms with Gasteiger partial charge in [-0.05, 0) is 36.8 Å². The number of aromatic nitrogens is 1. The molecule has 9 heteroatoms. The van der Waals surface area contributed by atoms with Crippen LogP contribution in [0.4, 0.5) is 0 Å². The molecule has 0 fully saturated rings. The van der Waals surface area contributed by atoms with Crippen LogP contribution in [0.15, 0.2) is 53.1 Å². The largest absolute Gasteiger partial charge is 0.493 e. The van der Waals surface area contributed by atoms with Crippen molar-refractivity contribution in [3.8, 4) is 22.8 Å². The van der Waals surface area contributed by atoms with Crippen LogP contribution in [0.2, 0.25) is 5.02 Å². The fourth-order valence-corrected chi connectivity index (χ4v) is 2.74. The minimum atomic E-state index is -0.629. The Morgan fingerprint density at radius 3 is 2.60 bits per heavy atom. The quantitative estimate of drug-likeness (QED) is 0.553. The number of methoxy groups -OCH3 is 1. The van der Waals surface area contributed by atoms with Gasteiger partial charge in [0.15, 0.2) is 23.0 Å². The number of amides is 2. The minimum Gasteiger partial charge on any atom is -0.493 e. The number of halogens is 1. The Morgan fingerprint density at radius 1 is 1.07 bits per heavy atom. The Kier molecular flexibility index (Phi) is 6.92. The van der Waals surface area contributed by atoms with Gasteiger partial charge in [0.25, 0.3) is 11.8 Å². The molecule has 0 bridgehead atoms. The Morgan fingerprint density at radius 2 is 1.87 bits per heavy atom. The zero-order valence-electron chi connectivity index (χ0n) is 16.4. The van der Waals surface area contributed by atoms with Gasteiger partial charge in [-0.25, -0.2) is 0 Å². The fraction of sp³-hybridized carbons (Fsp3) is 0.190. The molecule has 3 aromatic rings. The summed E-state index contributed by atoms with van der Waals surface area (Å²) in [6, 6.07) is 13.1. The van der Waals surface area contributed by atoms with Crippen molar-refractivity contribution < 1.29 is 23.6 Å². The second-order valence-electron chi connectivity index (χ2n) is 6.21. The van der Waals surface area contributed by atoms with Gasteiger partial charge in [-0.2, -0.15) is 0 Å². The van der Waals surface area contributed by atoms with Crippen molar-refractivity contribution in [2.24, 2.45) is 0 Å². The summed E-state index contributed by atoms with van der Waals surface area (Å²) in [5.41, 5.74) is 5.60. The molecular weight excluding hydrogens is 410 g/mol. The number of hydrogen-bond donors (Lipinski definition) is 2. The van der Waals surface area contributed by atoms with Crippen LogP contribution in [-0.4, -0.2) is 30.7 Å². The average molecular weight is 430 g/mol. The standard InChI is InChI=1S/C21H20ClN3O5/c1-3-9-29-17-8-7-14(11-19(17)28-2)20(26)23-24-21(27)16-12-18(30-25-16)13-5-4-6-15(22)10-13/h4-8,10-12H,3,9H2,1-2H3,(H,23,26)(H,24,27).